The van der Waals surface area contributed by atoms with Crippen LogP contribution in [-0.2, 0) is 14.8 Å². The summed E-state index contributed by atoms with van der Waals surface area (Å²) in [7, 11) is -3.52. The van der Waals surface area contributed by atoms with Crippen LogP contribution in [-0.4, -0.2) is 62.3 Å². The third kappa shape index (κ3) is 6.75. The molecule has 1 aliphatic heterocycles. The smallest absolute Gasteiger partial charge is 0.243 e. The van der Waals surface area contributed by atoms with Crippen LogP contribution in [0.4, 0.5) is 0 Å². The normalized spacial score (nSPS) is 17.6. The molecule has 1 aromatic rings. The zero-order chi connectivity index (χ0) is 19.9. The van der Waals surface area contributed by atoms with Crippen LogP contribution in [0.2, 0.25) is 5.02 Å². The molecule has 0 bridgehead atoms. The summed E-state index contributed by atoms with van der Waals surface area (Å²) in [4.78, 5) is 14.4. The van der Waals surface area contributed by atoms with Crippen molar-refractivity contribution >= 4 is 27.5 Å². The van der Waals surface area contributed by atoms with E-state index in [0.29, 0.717) is 37.7 Å². The first kappa shape index (κ1) is 22.1. The molecule has 8 heteroatoms. The van der Waals surface area contributed by atoms with Gasteiger partial charge in [0, 0.05) is 37.2 Å². The number of hydrogen-bond donors (Lipinski definition) is 1. The molecule has 0 unspecified atom stereocenters. The molecular formula is C19H30ClN3O3S. The maximum absolute atomic E-state index is 12.7. The molecule has 0 radical (unpaired) electrons. The van der Waals surface area contributed by atoms with E-state index in [1.165, 1.54) is 29.3 Å². The van der Waals surface area contributed by atoms with E-state index in [9.17, 15) is 13.2 Å². The number of carbonyl (C=O) groups is 1. The summed E-state index contributed by atoms with van der Waals surface area (Å²) in [6.07, 6.45) is 4.47. The second kappa shape index (κ2) is 10.4. The molecule has 0 saturated carbocycles. The Hall–Kier alpha value is -1.15. The summed E-state index contributed by atoms with van der Waals surface area (Å²) in [5, 5.41) is 3.54. The second-order valence-corrected chi connectivity index (χ2v) is 9.47. The van der Waals surface area contributed by atoms with Crippen molar-refractivity contribution in [2.75, 3.05) is 32.7 Å². The van der Waals surface area contributed by atoms with Crippen LogP contribution in [0.15, 0.2) is 29.2 Å². The van der Waals surface area contributed by atoms with Gasteiger partial charge in [-0.3, -0.25) is 9.69 Å². The summed E-state index contributed by atoms with van der Waals surface area (Å²) in [6, 6.07) is 6.39. The predicted molar refractivity (Wildman–Crippen MR) is 108 cm³/mol. The minimum atomic E-state index is -3.52. The molecule has 0 aliphatic carbocycles. The third-order valence-electron chi connectivity index (χ3n) is 4.80. The molecule has 1 fully saturated rings. The van der Waals surface area contributed by atoms with Crippen LogP contribution in [0, 0.1) is 0 Å². The average Bonchev–Trinajstić information content (AvgIpc) is 2.62. The van der Waals surface area contributed by atoms with Gasteiger partial charge in [-0.15, -0.1) is 0 Å². The summed E-state index contributed by atoms with van der Waals surface area (Å²) >= 11 is 5.83. The molecule has 0 spiro atoms. The van der Waals surface area contributed by atoms with Crippen LogP contribution < -0.4 is 5.32 Å². The lowest BCUT2D eigenvalue weighted by Gasteiger charge is -2.33. The fourth-order valence-electron chi connectivity index (χ4n) is 3.18. The molecular weight excluding hydrogens is 386 g/mol. The Balaban J connectivity index is 1.79. The number of hydrogen-bond acceptors (Lipinski definition) is 4. The molecule has 1 amide bonds. The van der Waals surface area contributed by atoms with Gasteiger partial charge in [0.25, 0.3) is 0 Å². The van der Waals surface area contributed by atoms with Gasteiger partial charge in [-0.25, -0.2) is 8.42 Å². The number of nitrogens with one attached hydrogen (secondary N) is 1. The van der Waals surface area contributed by atoms with Crippen molar-refractivity contribution in [3.05, 3.63) is 29.3 Å². The van der Waals surface area contributed by atoms with Gasteiger partial charge < -0.3 is 5.32 Å². The number of halogens is 1. The minimum absolute atomic E-state index is 0.00741. The largest absolute Gasteiger partial charge is 0.353 e. The van der Waals surface area contributed by atoms with Crippen molar-refractivity contribution in [3.63, 3.8) is 0 Å². The van der Waals surface area contributed by atoms with Crippen molar-refractivity contribution in [2.45, 2.75) is 50.5 Å². The van der Waals surface area contributed by atoms with Crippen molar-refractivity contribution < 1.29 is 13.2 Å². The highest BCUT2D eigenvalue weighted by molar-refractivity contribution is 7.89. The second-order valence-electron chi connectivity index (χ2n) is 7.10. The van der Waals surface area contributed by atoms with Gasteiger partial charge in [-0.1, -0.05) is 37.8 Å². The number of nitrogens with zero attached hydrogens (tertiary/aromatic N) is 2. The van der Waals surface area contributed by atoms with Crippen LogP contribution >= 0.6 is 11.6 Å². The third-order valence-corrected chi connectivity index (χ3v) is 6.96. The molecule has 1 saturated heterocycles. The van der Waals surface area contributed by atoms with Gasteiger partial charge in [0.1, 0.15) is 0 Å². The Bertz CT molecular complexity index is 701. The Labute approximate surface area is 167 Å². The van der Waals surface area contributed by atoms with Gasteiger partial charge >= 0.3 is 0 Å². The molecule has 0 aromatic heterocycles. The minimum Gasteiger partial charge on any atom is -0.353 e. The number of benzene rings is 1. The monoisotopic (exact) mass is 415 g/mol. The Morgan fingerprint density at radius 1 is 1.15 bits per heavy atom. The van der Waals surface area contributed by atoms with Crippen LogP contribution in [0.25, 0.3) is 0 Å². The highest BCUT2D eigenvalue weighted by atomic mass is 35.5. The summed E-state index contributed by atoms with van der Waals surface area (Å²) in [6.45, 7) is 6.36. The van der Waals surface area contributed by atoms with E-state index in [1.54, 1.807) is 12.1 Å². The van der Waals surface area contributed by atoms with Gasteiger partial charge in [0.2, 0.25) is 15.9 Å². The maximum Gasteiger partial charge on any atom is 0.243 e. The van der Waals surface area contributed by atoms with Gasteiger partial charge in [0.15, 0.2) is 0 Å². The van der Waals surface area contributed by atoms with E-state index >= 15 is 0 Å². The summed E-state index contributed by atoms with van der Waals surface area (Å²) in [5.74, 6) is 0.00741. The lowest BCUT2D eigenvalue weighted by molar-refractivity contribution is -0.123. The molecule has 1 N–H and O–H groups in total. The SMILES string of the molecule is CCCCC[C@@H](C)NC(=O)CN1CCN(S(=O)(=O)c2ccc(Cl)cc2)CC1. The first-order chi connectivity index (χ1) is 12.8. The highest BCUT2D eigenvalue weighted by Gasteiger charge is 2.29. The van der Waals surface area contributed by atoms with E-state index in [1.807, 2.05) is 11.8 Å². The van der Waals surface area contributed by atoms with E-state index < -0.39 is 10.0 Å². The number of sulfonamides is 1. The number of piperazine rings is 1. The molecule has 1 atom stereocenters. The average molecular weight is 416 g/mol. The fourth-order valence-corrected chi connectivity index (χ4v) is 4.73. The lowest BCUT2D eigenvalue weighted by Crippen LogP contribution is -2.51. The standard InChI is InChI=1S/C19H30ClN3O3S/c1-3-4-5-6-16(2)21-19(24)15-22-11-13-23(14-12-22)27(25,26)18-9-7-17(20)8-10-18/h7-10,16H,3-6,11-15H2,1-2H3,(H,21,24)/t16-/m1/s1. The number of amides is 1. The molecule has 27 heavy (non-hydrogen) atoms. The highest BCUT2D eigenvalue weighted by Crippen LogP contribution is 2.19. The topological polar surface area (TPSA) is 69.7 Å². The van der Waals surface area contributed by atoms with Crippen molar-refractivity contribution in [3.8, 4) is 0 Å². The van der Waals surface area contributed by atoms with E-state index in [0.717, 1.165) is 12.8 Å². The lowest BCUT2D eigenvalue weighted by atomic mass is 10.1. The van der Waals surface area contributed by atoms with Gasteiger partial charge in [-0.05, 0) is 37.6 Å². The first-order valence-electron chi connectivity index (χ1n) is 9.60. The molecule has 2 rings (SSSR count). The van der Waals surface area contributed by atoms with E-state index in [2.05, 4.69) is 12.2 Å². The van der Waals surface area contributed by atoms with Crippen molar-refractivity contribution in [2.24, 2.45) is 0 Å². The Morgan fingerprint density at radius 2 is 1.78 bits per heavy atom. The molecule has 1 aliphatic rings. The zero-order valence-corrected chi connectivity index (χ0v) is 17.7. The number of unbranched alkanes of at least 4 members (excludes halogenated alkanes) is 2. The molecule has 1 aromatic carbocycles. The van der Waals surface area contributed by atoms with Crippen molar-refractivity contribution in [1.82, 2.24) is 14.5 Å². The van der Waals surface area contributed by atoms with Gasteiger partial charge in [0.05, 0.1) is 11.4 Å². The zero-order valence-electron chi connectivity index (χ0n) is 16.2. The first-order valence-corrected chi connectivity index (χ1v) is 11.4. The van der Waals surface area contributed by atoms with E-state index in [-0.39, 0.29) is 16.8 Å². The quantitative estimate of drug-likeness (QED) is 0.629. The van der Waals surface area contributed by atoms with Crippen LogP contribution in [0.1, 0.15) is 39.5 Å². The predicted octanol–water partition coefficient (Wildman–Crippen LogP) is 2.73. The number of carbonyl (C=O) groups excluding carboxylic acids is 1. The maximum atomic E-state index is 12.7. The van der Waals surface area contributed by atoms with Crippen LogP contribution in [0.3, 0.4) is 0 Å². The van der Waals surface area contributed by atoms with Crippen molar-refractivity contribution in [1.29, 1.82) is 0 Å². The number of rotatable bonds is 9. The van der Waals surface area contributed by atoms with Crippen LogP contribution in [0.5, 0.6) is 0 Å². The summed E-state index contributed by atoms with van der Waals surface area (Å²) in [5.41, 5.74) is 0. The Morgan fingerprint density at radius 3 is 2.37 bits per heavy atom. The molecule has 1 heterocycles. The molecule has 152 valence electrons. The summed E-state index contributed by atoms with van der Waals surface area (Å²) < 4.78 is 26.8. The van der Waals surface area contributed by atoms with Gasteiger partial charge in [-0.2, -0.15) is 4.31 Å². The molecule has 6 nitrogen and oxygen atoms in total. The fraction of sp³-hybridized carbons (Fsp3) is 0.632. The van der Waals surface area contributed by atoms with E-state index in [4.69, 9.17) is 11.6 Å². The Kier molecular flexibility index (Phi) is 8.54.